The zero-order valence-electron chi connectivity index (χ0n) is 37.6. The molecule has 2 aromatic heterocycles. The molecule has 14 rings (SSSR count). The fourth-order valence-electron chi connectivity index (χ4n) is 11.0. The maximum Gasteiger partial charge on any atom is 0.416 e. The number of anilines is 6. The maximum absolute atomic E-state index is 14.1. The van der Waals surface area contributed by atoms with E-state index in [2.05, 4.69) is 12.1 Å². The molecule has 0 spiro atoms. The molecule has 0 bridgehead atoms. The van der Waals surface area contributed by atoms with Crippen LogP contribution in [0.1, 0.15) is 11.1 Å². The van der Waals surface area contributed by atoms with Crippen molar-refractivity contribution in [3.05, 3.63) is 217 Å². The number of halogens is 6. The second-order valence-electron chi connectivity index (χ2n) is 18.2. The van der Waals surface area contributed by atoms with E-state index in [0.29, 0.717) is 56.5 Å². The first kappa shape index (κ1) is 41.9. The van der Waals surface area contributed by atoms with Crippen molar-refractivity contribution in [2.75, 3.05) is 9.80 Å². The summed E-state index contributed by atoms with van der Waals surface area (Å²) < 4.78 is 98.3. The smallest absolute Gasteiger partial charge is 0.416 e. The molecule has 0 aliphatic rings. The van der Waals surface area contributed by atoms with E-state index in [4.69, 9.17) is 8.83 Å². The third-order valence-electron chi connectivity index (χ3n) is 14.2. The van der Waals surface area contributed by atoms with E-state index in [-0.39, 0.29) is 0 Å². The summed E-state index contributed by atoms with van der Waals surface area (Å²) >= 11 is 0. The predicted octanol–water partition coefficient (Wildman–Crippen LogP) is 19.7. The van der Waals surface area contributed by atoms with Gasteiger partial charge in [-0.3, -0.25) is 0 Å². The van der Waals surface area contributed by atoms with Gasteiger partial charge < -0.3 is 18.6 Å². The summed E-state index contributed by atoms with van der Waals surface area (Å²) in [4.78, 5) is 3.92. The lowest BCUT2D eigenvalue weighted by Crippen LogP contribution is -2.13. The van der Waals surface area contributed by atoms with Gasteiger partial charge in [0.25, 0.3) is 0 Å². The number of para-hydroxylation sites is 2. The quantitative estimate of drug-likeness (QED) is 0.123. The second-order valence-corrected chi connectivity index (χ2v) is 18.2. The predicted molar refractivity (Wildman–Crippen MR) is 279 cm³/mol. The van der Waals surface area contributed by atoms with Crippen molar-refractivity contribution < 1.29 is 35.2 Å². The molecule has 0 fully saturated rings. The molecule has 346 valence electrons. The molecule has 14 aromatic rings. The van der Waals surface area contributed by atoms with E-state index in [1.54, 1.807) is 0 Å². The lowest BCUT2D eigenvalue weighted by molar-refractivity contribution is -0.138. The van der Waals surface area contributed by atoms with Gasteiger partial charge in [-0.2, -0.15) is 26.3 Å². The topological polar surface area (TPSA) is 32.8 Å². The molecule has 0 unspecified atom stereocenters. The molecule has 0 saturated heterocycles. The molecule has 72 heavy (non-hydrogen) atoms. The summed E-state index contributed by atoms with van der Waals surface area (Å²) in [7, 11) is 0. The number of benzene rings is 12. The summed E-state index contributed by atoms with van der Waals surface area (Å²) in [5.74, 6) is 0. The lowest BCUT2D eigenvalue weighted by atomic mass is 9.91. The van der Waals surface area contributed by atoms with Gasteiger partial charge in [-0.15, -0.1) is 0 Å². The Morgan fingerprint density at radius 1 is 0.278 bits per heavy atom. The Labute approximate surface area is 405 Å². The summed E-state index contributed by atoms with van der Waals surface area (Å²) in [6.07, 6.45) is -9.10. The molecule has 0 N–H and O–H groups in total. The fraction of sp³-hybridized carbons (Fsp3) is 0.0323. The first-order valence-corrected chi connectivity index (χ1v) is 23.3. The number of fused-ring (bicyclic) bond motifs is 10. The highest BCUT2D eigenvalue weighted by Crippen LogP contribution is 2.51. The van der Waals surface area contributed by atoms with Crippen LogP contribution in [0, 0.1) is 0 Å². The van der Waals surface area contributed by atoms with Crippen LogP contribution in [0.2, 0.25) is 0 Å². The Morgan fingerprint density at radius 2 is 0.653 bits per heavy atom. The van der Waals surface area contributed by atoms with E-state index in [1.807, 2.05) is 155 Å². The average Bonchev–Trinajstić information content (AvgIpc) is 3.99. The van der Waals surface area contributed by atoms with Crippen LogP contribution in [0.15, 0.2) is 215 Å². The number of nitrogens with zero attached hydrogens (tertiary/aromatic N) is 2. The molecule has 0 amide bonds. The van der Waals surface area contributed by atoms with Crippen molar-refractivity contribution in [1.29, 1.82) is 0 Å². The number of rotatable bonds is 6. The molecular weight excluding hydrogens is 919 g/mol. The Kier molecular flexibility index (Phi) is 8.87. The number of alkyl halides is 6. The van der Waals surface area contributed by atoms with Crippen LogP contribution in [-0.2, 0) is 12.4 Å². The SMILES string of the molecule is FC(F)(F)c1ccc(N(c2ccc3ccc4c(N(c5ccc(C(F)(F)F)cc5)c5cccc6c5oc5ccc7ccccc7c56)ccc5ccc2c3c54)c2cccc3c2oc2ccc4ccccc4c23)cc1. The number of hydrogen-bond donors (Lipinski definition) is 0. The van der Waals surface area contributed by atoms with Crippen molar-refractivity contribution >= 4 is 132 Å². The Bertz CT molecular complexity index is 4210. The van der Waals surface area contributed by atoms with Gasteiger partial charge in [0.15, 0.2) is 11.2 Å². The number of hydrogen-bond acceptors (Lipinski definition) is 4. The molecule has 0 aliphatic carbocycles. The molecular formula is C62H34F6N2O2. The van der Waals surface area contributed by atoms with Crippen LogP contribution < -0.4 is 9.80 Å². The van der Waals surface area contributed by atoms with Gasteiger partial charge in [-0.05, 0) is 128 Å². The van der Waals surface area contributed by atoms with Crippen molar-refractivity contribution in [3.63, 3.8) is 0 Å². The van der Waals surface area contributed by atoms with Gasteiger partial charge in [0, 0.05) is 43.7 Å². The van der Waals surface area contributed by atoms with Crippen LogP contribution in [0.25, 0.3) is 97.7 Å². The van der Waals surface area contributed by atoms with Crippen LogP contribution in [0.4, 0.5) is 60.5 Å². The number of furan rings is 2. The Hall–Kier alpha value is -9.02. The molecule has 12 aromatic carbocycles. The molecule has 4 nitrogen and oxygen atoms in total. The minimum absolute atomic E-state index is 0.483. The minimum atomic E-state index is -4.55. The zero-order valence-corrected chi connectivity index (χ0v) is 37.6. The Balaban J connectivity index is 1.02. The summed E-state index contributed by atoms with van der Waals surface area (Å²) in [6.45, 7) is 0. The van der Waals surface area contributed by atoms with Gasteiger partial charge in [0.1, 0.15) is 11.2 Å². The lowest BCUT2D eigenvalue weighted by Gasteiger charge is -2.29. The summed E-state index contributed by atoms with van der Waals surface area (Å²) in [5, 5.41) is 12.9. The maximum atomic E-state index is 14.1. The molecule has 0 aliphatic heterocycles. The summed E-state index contributed by atoms with van der Waals surface area (Å²) in [6, 6.07) is 62.2. The van der Waals surface area contributed by atoms with Gasteiger partial charge in [0.2, 0.25) is 0 Å². The van der Waals surface area contributed by atoms with Crippen LogP contribution in [0.3, 0.4) is 0 Å². The average molecular weight is 953 g/mol. The van der Waals surface area contributed by atoms with E-state index in [9.17, 15) is 26.3 Å². The van der Waals surface area contributed by atoms with Gasteiger partial charge in [0.05, 0.1) is 33.9 Å². The molecule has 0 radical (unpaired) electrons. The molecule has 2 heterocycles. The van der Waals surface area contributed by atoms with Crippen molar-refractivity contribution in [3.8, 4) is 0 Å². The zero-order chi connectivity index (χ0) is 48.6. The van der Waals surface area contributed by atoms with Crippen LogP contribution in [-0.4, -0.2) is 0 Å². The molecule has 0 atom stereocenters. The van der Waals surface area contributed by atoms with Gasteiger partial charge in [-0.25, -0.2) is 0 Å². The Morgan fingerprint density at radius 3 is 1.07 bits per heavy atom. The first-order chi connectivity index (χ1) is 35.0. The molecule has 10 heteroatoms. The minimum Gasteiger partial charge on any atom is -0.454 e. The van der Waals surface area contributed by atoms with E-state index >= 15 is 0 Å². The van der Waals surface area contributed by atoms with Gasteiger partial charge >= 0.3 is 12.4 Å². The van der Waals surface area contributed by atoms with Crippen molar-refractivity contribution in [2.45, 2.75) is 12.4 Å². The van der Waals surface area contributed by atoms with E-state index in [0.717, 1.165) is 99.7 Å². The third kappa shape index (κ3) is 6.27. The largest absolute Gasteiger partial charge is 0.454 e. The first-order valence-electron chi connectivity index (χ1n) is 23.3. The van der Waals surface area contributed by atoms with E-state index < -0.39 is 23.5 Å². The molecule has 0 saturated carbocycles. The van der Waals surface area contributed by atoms with Crippen LogP contribution in [0.5, 0.6) is 0 Å². The van der Waals surface area contributed by atoms with E-state index in [1.165, 1.54) is 24.3 Å². The van der Waals surface area contributed by atoms with Gasteiger partial charge in [-0.1, -0.05) is 121 Å². The standard InChI is InChI=1S/C62H34F6N2O2/c63-61(64,65)39-21-25-41(26-22-39)69(51-13-5-11-47-57-43-9-3-1-7-35(43)19-33-53(57)71-59(47)51)49-31-17-37-16-30-46-50(32-18-38-15-29-45(49)55(37)56(38)46)70(42-27-23-40(24-28-42)62(66,67)68)52-14-6-12-48-58-44-10-4-2-8-36(44)20-34-54(58)72-60(48)52/h1-34H. The normalized spacial score (nSPS) is 12.6. The van der Waals surface area contributed by atoms with Crippen molar-refractivity contribution in [1.82, 2.24) is 0 Å². The monoisotopic (exact) mass is 952 g/mol. The van der Waals surface area contributed by atoms with Crippen molar-refractivity contribution in [2.24, 2.45) is 0 Å². The highest BCUT2D eigenvalue weighted by Gasteiger charge is 2.33. The third-order valence-corrected chi connectivity index (χ3v) is 14.2. The highest BCUT2D eigenvalue weighted by molar-refractivity contribution is 6.29. The second kappa shape index (κ2) is 15.2. The summed E-state index contributed by atoms with van der Waals surface area (Å²) in [5.41, 5.74) is 4.55. The van der Waals surface area contributed by atoms with Crippen LogP contribution >= 0.6 is 0 Å². The fourth-order valence-corrected chi connectivity index (χ4v) is 11.0. The highest BCUT2D eigenvalue weighted by atomic mass is 19.4.